The van der Waals surface area contributed by atoms with Gasteiger partial charge in [-0.25, -0.2) is 0 Å². The summed E-state index contributed by atoms with van der Waals surface area (Å²) in [6.45, 7) is 1.14. The van der Waals surface area contributed by atoms with Crippen molar-refractivity contribution in [3.63, 3.8) is 0 Å². The first-order valence-corrected chi connectivity index (χ1v) is 15.9. The van der Waals surface area contributed by atoms with Crippen molar-refractivity contribution in [3.05, 3.63) is 114 Å². The van der Waals surface area contributed by atoms with Gasteiger partial charge in [-0.15, -0.1) is 0 Å². The molecule has 0 saturated heterocycles. The summed E-state index contributed by atoms with van der Waals surface area (Å²) in [5.74, 6) is -1.10. The van der Waals surface area contributed by atoms with Crippen molar-refractivity contribution in [2.75, 3.05) is 33.0 Å². The standard InChI is InChI=1S/C37H44N2O7/c40-20-22-44-21-19-38-35(41)25-31-13-7-8-14-32(23-28-9-3-1-4-10-28)37(43)46-27-33(39-36(31)42)24-29-15-17-34(18-16-29)45-26-30-11-5-2-6-12-30/h1-12,15-18,31-33,40H,13-14,19-27H2,(H,38,41)(H,39,42)/t31-,32-,33+/m1/s1. The number of ether oxygens (including phenoxy) is 3. The molecule has 2 amide bonds. The molecule has 244 valence electrons. The second-order valence-corrected chi connectivity index (χ2v) is 11.4. The van der Waals surface area contributed by atoms with Crippen molar-refractivity contribution in [3.8, 4) is 5.75 Å². The molecule has 1 aliphatic heterocycles. The number of benzene rings is 3. The van der Waals surface area contributed by atoms with Crippen molar-refractivity contribution >= 4 is 17.8 Å². The maximum atomic E-state index is 13.5. The van der Waals surface area contributed by atoms with Crippen LogP contribution in [0.1, 0.15) is 36.0 Å². The summed E-state index contributed by atoms with van der Waals surface area (Å²) in [4.78, 5) is 39.5. The molecule has 0 radical (unpaired) electrons. The highest BCUT2D eigenvalue weighted by molar-refractivity contribution is 5.86. The summed E-state index contributed by atoms with van der Waals surface area (Å²) in [5, 5.41) is 14.7. The van der Waals surface area contributed by atoms with Gasteiger partial charge in [0.2, 0.25) is 11.8 Å². The molecule has 4 rings (SSSR count). The number of carbonyl (C=O) groups is 3. The predicted molar refractivity (Wildman–Crippen MR) is 175 cm³/mol. The van der Waals surface area contributed by atoms with Crippen LogP contribution < -0.4 is 15.4 Å². The van der Waals surface area contributed by atoms with Gasteiger partial charge in [-0.3, -0.25) is 14.4 Å². The zero-order valence-corrected chi connectivity index (χ0v) is 26.1. The second-order valence-electron chi connectivity index (χ2n) is 11.4. The van der Waals surface area contributed by atoms with E-state index < -0.39 is 12.0 Å². The van der Waals surface area contributed by atoms with Gasteiger partial charge in [0.25, 0.3) is 0 Å². The second kappa shape index (κ2) is 19.1. The van der Waals surface area contributed by atoms with Gasteiger partial charge in [0.05, 0.1) is 37.7 Å². The summed E-state index contributed by atoms with van der Waals surface area (Å²) in [5.41, 5.74) is 3.06. The number of carbonyl (C=O) groups excluding carboxylic acids is 3. The first-order chi connectivity index (χ1) is 22.5. The zero-order chi connectivity index (χ0) is 32.4. The van der Waals surface area contributed by atoms with E-state index in [1.54, 1.807) is 0 Å². The van der Waals surface area contributed by atoms with E-state index in [1.807, 2.05) is 97.1 Å². The summed E-state index contributed by atoms with van der Waals surface area (Å²) >= 11 is 0. The van der Waals surface area contributed by atoms with Crippen LogP contribution in [0.4, 0.5) is 0 Å². The molecule has 0 aliphatic carbocycles. The Labute approximate surface area is 271 Å². The summed E-state index contributed by atoms with van der Waals surface area (Å²) in [6, 6.07) is 26.9. The van der Waals surface area contributed by atoms with E-state index in [1.165, 1.54) is 0 Å². The maximum absolute atomic E-state index is 13.5. The molecule has 9 heteroatoms. The zero-order valence-electron chi connectivity index (χ0n) is 26.1. The Morgan fingerprint density at radius 1 is 0.826 bits per heavy atom. The van der Waals surface area contributed by atoms with E-state index in [2.05, 4.69) is 10.6 Å². The molecule has 0 fully saturated rings. The van der Waals surface area contributed by atoms with Crippen LogP contribution in [-0.2, 0) is 43.3 Å². The Bertz CT molecular complexity index is 1380. The van der Waals surface area contributed by atoms with Crippen LogP contribution >= 0.6 is 0 Å². The molecule has 1 heterocycles. The number of esters is 1. The number of allylic oxidation sites excluding steroid dienone is 2. The number of aliphatic hydroxyl groups is 1. The largest absolute Gasteiger partial charge is 0.489 e. The van der Waals surface area contributed by atoms with Gasteiger partial charge in [0.15, 0.2) is 0 Å². The Morgan fingerprint density at radius 2 is 1.48 bits per heavy atom. The SMILES string of the molecule is O=C(C[C@H]1CC=CC[C@H](Cc2ccccc2)C(=O)OC[C@H](Cc2ccc(OCc3ccccc3)cc2)NC1=O)NCCOCCO. The highest BCUT2D eigenvalue weighted by Gasteiger charge is 2.27. The smallest absolute Gasteiger partial charge is 0.309 e. The summed E-state index contributed by atoms with van der Waals surface area (Å²) in [6.07, 6.45) is 5.56. The molecular formula is C37H44N2O7. The average molecular weight is 629 g/mol. The first-order valence-electron chi connectivity index (χ1n) is 15.9. The predicted octanol–water partition coefficient (Wildman–Crippen LogP) is 4.18. The number of rotatable bonds is 14. The molecule has 3 aromatic carbocycles. The topological polar surface area (TPSA) is 123 Å². The minimum atomic E-state index is -0.603. The van der Waals surface area contributed by atoms with Crippen LogP contribution in [0.2, 0.25) is 0 Å². The van der Waals surface area contributed by atoms with Crippen LogP contribution in [0.15, 0.2) is 97.1 Å². The van der Waals surface area contributed by atoms with Crippen molar-refractivity contribution in [1.29, 1.82) is 0 Å². The van der Waals surface area contributed by atoms with E-state index in [0.717, 1.165) is 22.4 Å². The lowest BCUT2D eigenvalue weighted by atomic mass is 9.94. The van der Waals surface area contributed by atoms with E-state index in [9.17, 15) is 14.4 Å². The van der Waals surface area contributed by atoms with E-state index in [4.69, 9.17) is 19.3 Å². The van der Waals surface area contributed by atoms with Crippen molar-refractivity contribution < 1.29 is 33.7 Å². The van der Waals surface area contributed by atoms with Gasteiger partial charge >= 0.3 is 5.97 Å². The first kappa shape index (κ1) is 34.4. The molecule has 3 aromatic rings. The third-order valence-electron chi connectivity index (χ3n) is 7.70. The van der Waals surface area contributed by atoms with Gasteiger partial charge in [-0.05, 0) is 54.5 Å². The molecule has 9 nitrogen and oxygen atoms in total. The van der Waals surface area contributed by atoms with Gasteiger partial charge < -0.3 is 30.0 Å². The Balaban J connectivity index is 1.44. The number of aliphatic hydroxyl groups excluding tert-OH is 1. The number of nitrogens with one attached hydrogen (secondary N) is 2. The molecule has 46 heavy (non-hydrogen) atoms. The normalized spacial score (nSPS) is 18.8. The van der Waals surface area contributed by atoms with Crippen LogP contribution in [0.3, 0.4) is 0 Å². The highest BCUT2D eigenvalue weighted by atomic mass is 16.5. The Morgan fingerprint density at radius 3 is 2.17 bits per heavy atom. The lowest BCUT2D eigenvalue weighted by Crippen LogP contribution is -2.45. The van der Waals surface area contributed by atoms with Crippen LogP contribution in [0.25, 0.3) is 0 Å². The third kappa shape index (κ3) is 12.1. The van der Waals surface area contributed by atoms with E-state index in [-0.39, 0.29) is 63.1 Å². The van der Waals surface area contributed by atoms with Crippen LogP contribution in [0.5, 0.6) is 5.75 Å². The monoisotopic (exact) mass is 628 g/mol. The van der Waals surface area contributed by atoms with E-state index >= 15 is 0 Å². The number of hydrogen-bond donors (Lipinski definition) is 3. The van der Waals surface area contributed by atoms with Gasteiger partial charge in [0, 0.05) is 13.0 Å². The maximum Gasteiger partial charge on any atom is 0.309 e. The molecule has 0 aromatic heterocycles. The third-order valence-corrected chi connectivity index (χ3v) is 7.70. The molecule has 0 unspecified atom stereocenters. The molecule has 1 aliphatic rings. The van der Waals surface area contributed by atoms with Crippen molar-refractivity contribution in [2.24, 2.45) is 11.8 Å². The lowest BCUT2D eigenvalue weighted by molar-refractivity contribution is -0.150. The lowest BCUT2D eigenvalue weighted by Gasteiger charge is -2.24. The Hall–Kier alpha value is -4.47. The van der Waals surface area contributed by atoms with Gasteiger partial charge in [-0.1, -0.05) is 84.9 Å². The molecule has 0 spiro atoms. The molecule has 3 atom stereocenters. The highest BCUT2D eigenvalue weighted by Crippen LogP contribution is 2.20. The summed E-state index contributed by atoms with van der Waals surface area (Å²) < 4.78 is 16.9. The van der Waals surface area contributed by atoms with Crippen LogP contribution in [-0.4, -0.2) is 61.9 Å². The van der Waals surface area contributed by atoms with Crippen molar-refractivity contribution in [2.45, 2.75) is 44.8 Å². The van der Waals surface area contributed by atoms with Gasteiger partial charge in [-0.2, -0.15) is 0 Å². The molecule has 0 bridgehead atoms. The molecule has 3 N–H and O–H groups in total. The fourth-order valence-corrected chi connectivity index (χ4v) is 5.21. The Kier molecular flexibility index (Phi) is 14.3. The average Bonchev–Trinajstić information content (AvgIpc) is 3.07. The number of hydrogen-bond acceptors (Lipinski definition) is 7. The fraction of sp³-hybridized carbons (Fsp3) is 0.378. The minimum absolute atomic E-state index is 0.00355. The van der Waals surface area contributed by atoms with Crippen molar-refractivity contribution in [1.82, 2.24) is 10.6 Å². The molecular weight excluding hydrogens is 584 g/mol. The fourth-order valence-electron chi connectivity index (χ4n) is 5.21. The minimum Gasteiger partial charge on any atom is -0.489 e. The van der Waals surface area contributed by atoms with Crippen LogP contribution in [0, 0.1) is 11.8 Å². The van der Waals surface area contributed by atoms with Gasteiger partial charge in [0.1, 0.15) is 19.0 Å². The number of cyclic esters (lactones) is 1. The number of amides is 2. The molecule has 0 saturated carbocycles. The van der Waals surface area contributed by atoms with E-state index in [0.29, 0.717) is 32.3 Å². The quantitative estimate of drug-likeness (QED) is 0.139. The summed E-state index contributed by atoms with van der Waals surface area (Å²) in [7, 11) is 0.